The summed E-state index contributed by atoms with van der Waals surface area (Å²) in [6.07, 6.45) is -0.956. The zero-order valence-electron chi connectivity index (χ0n) is 21.0. The zero-order valence-corrected chi connectivity index (χ0v) is 21.0. The van der Waals surface area contributed by atoms with Crippen molar-refractivity contribution < 1.29 is 33.4 Å². The van der Waals surface area contributed by atoms with E-state index in [1.54, 1.807) is 20.8 Å². The predicted molar refractivity (Wildman–Crippen MR) is 132 cm³/mol. The van der Waals surface area contributed by atoms with Crippen molar-refractivity contribution in [2.24, 2.45) is 0 Å². The predicted octanol–water partition coefficient (Wildman–Crippen LogP) is 3.30. The summed E-state index contributed by atoms with van der Waals surface area (Å²) in [5, 5.41) is 4.91. The van der Waals surface area contributed by atoms with Crippen LogP contribution in [-0.2, 0) is 28.6 Å². The number of esters is 2. The van der Waals surface area contributed by atoms with Crippen LogP contribution in [-0.4, -0.2) is 55.8 Å². The van der Waals surface area contributed by atoms with Gasteiger partial charge in [0, 0.05) is 12.3 Å². The number of ether oxygens (including phenoxy) is 3. The first kappa shape index (κ1) is 26.7. The average molecular weight is 497 g/mol. The fourth-order valence-electron chi connectivity index (χ4n) is 4.06. The molecule has 0 unspecified atom stereocenters. The molecule has 2 aromatic carbocycles. The van der Waals surface area contributed by atoms with Crippen LogP contribution in [0.3, 0.4) is 0 Å². The van der Waals surface area contributed by atoms with E-state index in [1.807, 2.05) is 48.5 Å². The molecule has 2 aromatic rings. The third-order valence-corrected chi connectivity index (χ3v) is 5.64. The zero-order chi connectivity index (χ0) is 26.3. The number of hydrogen-bond donors (Lipinski definition) is 2. The Morgan fingerprint density at radius 3 is 2.06 bits per heavy atom. The largest absolute Gasteiger partial charge is 0.468 e. The number of methoxy groups -OCH3 is 1. The molecule has 1 aliphatic carbocycles. The van der Waals surface area contributed by atoms with Crippen LogP contribution in [0.5, 0.6) is 0 Å². The Hall–Kier alpha value is -3.88. The lowest BCUT2D eigenvalue weighted by molar-refractivity contribution is -0.155. The van der Waals surface area contributed by atoms with Crippen molar-refractivity contribution >= 4 is 23.9 Å². The fraction of sp³-hybridized carbons (Fsp3) is 0.407. The lowest BCUT2D eigenvalue weighted by atomic mass is 9.98. The van der Waals surface area contributed by atoms with Gasteiger partial charge in [0.2, 0.25) is 5.91 Å². The summed E-state index contributed by atoms with van der Waals surface area (Å²) in [6, 6.07) is 14.8. The number of amides is 2. The van der Waals surface area contributed by atoms with Gasteiger partial charge in [-0.3, -0.25) is 14.4 Å². The first-order chi connectivity index (χ1) is 17.1. The average Bonchev–Trinajstić information content (AvgIpc) is 3.16. The molecular formula is C27H32N2O7. The summed E-state index contributed by atoms with van der Waals surface area (Å²) in [5.74, 6) is -1.94. The second-order valence-corrected chi connectivity index (χ2v) is 9.44. The number of rotatable bonds is 9. The van der Waals surface area contributed by atoms with Crippen LogP contribution >= 0.6 is 0 Å². The van der Waals surface area contributed by atoms with E-state index in [4.69, 9.17) is 9.47 Å². The maximum absolute atomic E-state index is 12.7. The second-order valence-electron chi connectivity index (χ2n) is 9.44. The van der Waals surface area contributed by atoms with Gasteiger partial charge in [-0.25, -0.2) is 4.79 Å². The standard InChI is InChI=1S/C27H32N2O7/c1-27(2,3)36-23(30)14-13-22(25(32)28-15-24(31)34-4)29-26(33)35-16-21-19-11-7-5-9-17(19)18-10-6-8-12-20(18)21/h5-12,21-22H,13-16H2,1-4H3,(H,28,32)(H,29,33)/t22-/m0/s1. The number of hydrogen-bond acceptors (Lipinski definition) is 7. The molecule has 0 bridgehead atoms. The molecule has 0 radical (unpaired) electrons. The van der Waals surface area contributed by atoms with Crippen molar-refractivity contribution in [1.29, 1.82) is 0 Å². The van der Waals surface area contributed by atoms with Crippen LogP contribution in [0.1, 0.15) is 50.7 Å². The highest BCUT2D eigenvalue weighted by Crippen LogP contribution is 2.44. The van der Waals surface area contributed by atoms with Gasteiger partial charge >= 0.3 is 18.0 Å². The maximum atomic E-state index is 12.7. The molecule has 9 heteroatoms. The highest BCUT2D eigenvalue weighted by atomic mass is 16.6. The Labute approximate surface area is 210 Å². The molecule has 3 rings (SSSR count). The lowest BCUT2D eigenvalue weighted by Gasteiger charge is -2.22. The molecule has 0 saturated carbocycles. The van der Waals surface area contributed by atoms with Crippen LogP contribution in [0, 0.1) is 0 Å². The first-order valence-electron chi connectivity index (χ1n) is 11.8. The van der Waals surface area contributed by atoms with Gasteiger partial charge in [0.05, 0.1) is 7.11 Å². The molecule has 0 aliphatic heterocycles. The van der Waals surface area contributed by atoms with E-state index in [9.17, 15) is 19.2 Å². The van der Waals surface area contributed by atoms with E-state index >= 15 is 0 Å². The number of nitrogens with one attached hydrogen (secondary N) is 2. The van der Waals surface area contributed by atoms with Gasteiger partial charge in [0.1, 0.15) is 24.8 Å². The van der Waals surface area contributed by atoms with E-state index in [0.29, 0.717) is 0 Å². The number of fused-ring (bicyclic) bond motifs is 3. The quantitative estimate of drug-likeness (QED) is 0.404. The summed E-state index contributed by atoms with van der Waals surface area (Å²) < 4.78 is 15.3. The number of carbonyl (C=O) groups excluding carboxylic acids is 4. The van der Waals surface area contributed by atoms with Gasteiger partial charge in [-0.1, -0.05) is 48.5 Å². The molecule has 1 atom stereocenters. The number of carbonyl (C=O) groups is 4. The van der Waals surface area contributed by atoms with Gasteiger partial charge in [0.25, 0.3) is 0 Å². The van der Waals surface area contributed by atoms with Crippen molar-refractivity contribution in [1.82, 2.24) is 10.6 Å². The molecule has 0 heterocycles. The highest BCUT2D eigenvalue weighted by molar-refractivity contribution is 5.88. The van der Waals surface area contributed by atoms with Gasteiger partial charge < -0.3 is 24.8 Å². The van der Waals surface area contributed by atoms with E-state index in [2.05, 4.69) is 15.4 Å². The summed E-state index contributed by atoms with van der Waals surface area (Å²) in [7, 11) is 1.20. The van der Waals surface area contributed by atoms with Crippen molar-refractivity contribution in [3.8, 4) is 11.1 Å². The maximum Gasteiger partial charge on any atom is 0.407 e. The van der Waals surface area contributed by atoms with Gasteiger partial charge in [-0.05, 0) is 49.4 Å². The van der Waals surface area contributed by atoms with Crippen molar-refractivity contribution in [2.45, 2.75) is 51.2 Å². The normalized spacial score (nSPS) is 13.1. The van der Waals surface area contributed by atoms with Crippen LogP contribution in [0.25, 0.3) is 11.1 Å². The smallest absolute Gasteiger partial charge is 0.407 e. The van der Waals surface area contributed by atoms with Crippen LogP contribution < -0.4 is 10.6 Å². The van der Waals surface area contributed by atoms with E-state index < -0.39 is 35.6 Å². The fourth-order valence-corrected chi connectivity index (χ4v) is 4.06. The van der Waals surface area contributed by atoms with Crippen molar-refractivity contribution in [2.75, 3.05) is 20.3 Å². The Kier molecular flexibility index (Phi) is 8.68. The third kappa shape index (κ3) is 7.07. The minimum Gasteiger partial charge on any atom is -0.468 e. The van der Waals surface area contributed by atoms with Gasteiger partial charge in [-0.15, -0.1) is 0 Å². The van der Waals surface area contributed by atoms with Crippen molar-refractivity contribution in [3.05, 3.63) is 59.7 Å². The van der Waals surface area contributed by atoms with Gasteiger partial charge in [-0.2, -0.15) is 0 Å². The van der Waals surface area contributed by atoms with Crippen LogP contribution in [0.2, 0.25) is 0 Å². The third-order valence-electron chi connectivity index (χ3n) is 5.64. The van der Waals surface area contributed by atoms with E-state index in [0.717, 1.165) is 22.3 Å². The van der Waals surface area contributed by atoms with Crippen LogP contribution in [0.4, 0.5) is 4.79 Å². The Morgan fingerprint density at radius 2 is 1.50 bits per heavy atom. The monoisotopic (exact) mass is 496 g/mol. The summed E-state index contributed by atoms with van der Waals surface area (Å²) >= 11 is 0. The van der Waals surface area contributed by atoms with E-state index in [-0.39, 0.29) is 31.9 Å². The molecule has 192 valence electrons. The Balaban J connectivity index is 1.64. The summed E-state index contributed by atoms with van der Waals surface area (Å²) in [4.78, 5) is 48.9. The summed E-state index contributed by atoms with van der Waals surface area (Å²) in [6.45, 7) is 4.91. The van der Waals surface area contributed by atoms with E-state index in [1.165, 1.54) is 7.11 Å². The Morgan fingerprint density at radius 1 is 0.917 bits per heavy atom. The molecule has 0 fully saturated rings. The highest BCUT2D eigenvalue weighted by Gasteiger charge is 2.30. The minimum atomic E-state index is -1.11. The molecule has 2 amide bonds. The molecule has 0 saturated heterocycles. The molecular weight excluding hydrogens is 464 g/mol. The lowest BCUT2D eigenvalue weighted by Crippen LogP contribution is -2.48. The summed E-state index contributed by atoms with van der Waals surface area (Å²) in [5.41, 5.74) is 3.63. The first-order valence-corrected chi connectivity index (χ1v) is 11.8. The molecule has 2 N–H and O–H groups in total. The van der Waals surface area contributed by atoms with Crippen LogP contribution in [0.15, 0.2) is 48.5 Å². The molecule has 36 heavy (non-hydrogen) atoms. The topological polar surface area (TPSA) is 120 Å². The van der Waals surface area contributed by atoms with Crippen molar-refractivity contribution in [3.63, 3.8) is 0 Å². The molecule has 1 aliphatic rings. The SMILES string of the molecule is COC(=O)CNC(=O)[C@H](CCC(=O)OC(C)(C)C)NC(=O)OCC1c2ccccc2-c2ccccc21. The molecule has 9 nitrogen and oxygen atoms in total. The Bertz CT molecular complexity index is 1080. The molecule has 0 aromatic heterocycles. The van der Waals surface area contributed by atoms with Gasteiger partial charge in [0.15, 0.2) is 0 Å². The number of benzene rings is 2. The number of alkyl carbamates (subject to hydrolysis) is 1. The second kappa shape index (κ2) is 11.7. The minimum absolute atomic E-state index is 0.0356. The molecule has 0 spiro atoms.